The zero-order chi connectivity index (χ0) is 12.1. The molecule has 1 fully saturated rings. The fourth-order valence-electron chi connectivity index (χ4n) is 1.96. The van der Waals surface area contributed by atoms with Crippen LogP contribution in [0.1, 0.15) is 0 Å². The van der Waals surface area contributed by atoms with Crippen LogP contribution >= 0.6 is 0 Å². The van der Waals surface area contributed by atoms with Gasteiger partial charge in [-0.3, -0.25) is 0 Å². The molecule has 0 bridgehead atoms. The van der Waals surface area contributed by atoms with Crippen molar-refractivity contribution in [2.24, 2.45) is 5.92 Å². The van der Waals surface area contributed by atoms with Crippen LogP contribution in [0.25, 0.3) is 0 Å². The van der Waals surface area contributed by atoms with E-state index in [0.717, 1.165) is 25.6 Å². The molecule has 5 heteroatoms. The maximum atomic E-state index is 9.02. The van der Waals surface area contributed by atoms with Gasteiger partial charge in [-0.2, -0.15) is 5.26 Å². The van der Waals surface area contributed by atoms with E-state index in [0.29, 0.717) is 0 Å². The highest BCUT2D eigenvalue weighted by molar-refractivity contribution is 5.30. The summed E-state index contributed by atoms with van der Waals surface area (Å²) in [5, 5.41) is 12.4. The van der Waals surface area contributed by atoms with Gasteiger partial charge in [0.25, 0.3) is 0 Å². The molecule has 1 aliphatic rings. The van der Waals surface area contributed by atoms with E-state index in [-0.39, 0.29) is 12.0 Å². The van der Waals surface area contributed by atoms with E-state index < -0.39 is 0 Å². The van der Waals surface area contributed by atoms with Crippen molar-refractivity contribution in [1.29, 1.82) is 5.26 Å². The molecule has 1 aromatic heterocycles. The normalized spacial score (nSPS) is 21.6. The first kappa shape index (κ1) is 11.6. The first-order chi connectivity index (χ1) is 8.35. The minimum absolute atomic E-state index is 0.0926. The second-order valence-corrected chi connectivity index (χ2v) is 3.95. The van der Waals surface area contributed by atoms with E-state index in [1.165, 1.54) is 0 Å². The van der Waals surface area contributed by atoms with Crippen molar-refractivity contribution in [1.82, 2.24) is 15.3 Å². The molecule has 1 saturated heterocycles. The lowest BCUT2D eigenvalue weighted by Crippen LogP contribution is -2.53. The Hall–Kier alpha value is -1.93. The summed E-state index contributed by atoms with van der Waals surface area (Å²) in [7, 11) is 0. The average Bonchev–Trinajstić information content (AvgIpc) is 2.42. The molecule has 2 unspecified atom stereocenters. The Kier molecular flexibility index (Phi) is 3.68. The van der Waals surface area contributed by atoms with Gasteiger partial charge in [-0.1, -0.05) is 6.08 Å². The third-order valence-electron chi connectivity index (χ3n) is 2.88. The third kappa shape index (κ3) is 2.60. The second kappa shape index (κ2) is 5.41. The number of anilines is 1. The van der Waals surface area contributed by atoms with Crippen molar-refractivity contribution in [3.8, 4) is 6.07 Å². The van der Waals surface area contributed by atoms with Gasteiger partial charge in [0.05, 0.1) is 12.0 Å². The molecule has 0 saturated carbocycles. The van der Waals surface area contributed by atoms with Crippen molar-refractivity contribution in [3.05, 3.63) is 31.1 Å². The molecule has 5 nitrogen and oxygen atoms in total. The van der Waals surface area contributed by atoms with Crippen LogP contribution in [0.2, 0.25) is 0 Å². The quantitative estimate of drug-likeness (QED) is 0.768. The molecule has 0 radical (unpaired) electrons. The van der Waals surface area contributed by atoms with E-state index in [9.17, 15) is 0 Å². The summed E-state index contributed by atoms with van der Waals surface area (Å²) in [6.45, 7) is 6.11. The van der Waals surface area contributed by atoms with Gasteiger partial charge in [-0.05, 0) is 6.07 Å². The first-order valence-corrected chi connectivity index (χ1v) is 5.62. The van der Waals surface area contributed by atoms with Gasteiger partial charge >= 0.3 is 0 Å². The SMILES string of the molecule is C=CC(C#N)C1CN(c2ncccn2)CCN1. The Labute approximate surface area is 101 Å². The maximum Gasteiger partial charge on any atom is 0.225 e. The molecule has 2 rings (SSSR count). The molecule has 0 spiro atoms. The van der Waals surface area contributed by atoms with E-state index in [4.69, 9.17) is 5.26 Å². The van der Waals surface area contributed by atoms with Crippen LogP contribution in [0.4, 0.5) is 5.95 Å². The van der Waals surface area contributed by atoms with Crippen LogP contribution in [0.5, 0.6) is 0 Å². The average molecular weight is 229 g/mol. The fourth-order valence-corrected chi connectivity index (χ4v) is 1.96. The summed E-state index contributed by atoms with van der Waals surface area (Å²) >= 11 is 0. The van der Waals surface area contributed by atoms with Gasteiger partial charge in [0.15, 0.2) is 0 Å². The van der Waals surface area contributed by atoms with Gasteiger partial charge in [-0.15, -0.1) is 6.58 Å². The Morgan fingerprint density at radius 3 is 3.00 bits per heavy atom. The standard InChI is InChI=1S/C12H15N5/c1-2-10(8-13)11-9-17(7-6-14-11)12-15-4-3-5-16-12/h2-5,10-11,14H,1,6-7,9H2. The third-order valence-corrected chi connectivity index (χ3v) is 2.88. The summed E-state index contributed by atoms with van der Waals surface area (Å²) < 4.78 is 0. The lowest BCUT2D eigenvalue weighted by molar-refractivity contribution is 0.415. The number of nitrogens with one attached hydrogen (secondary N) is 1. The van der Waals surface area contributed by atoms with Gasteiger partial charge in [0, 0.05) is 38.1 Å². The van der Waals surface area contributed by atoms with Crippen LogP contribution in [0, 0.1) is 17.2 Å². The summed E-state index contributed by atoms with van der Waals surface area (Å²) in [5.74, 6) is 0.543. The van der Waals surface area contributed by atoms with E-state index in [2.05, 4.69) is 32.8 Å². The van der Waals surface area contributed by atoms with Crippen molar-refractivity contribution < 1.29 is 0 Å². The van der Waals surface area contributed by atoms with Crippen molar-refractivity contribution in [2.45, 2.75) is 6.04 Å². The van der Waals surface area contributed by atoms with Gasteiger partial charge in [0.1, 0.15) is 0 Å². The molecule has 0 aliphatic carbocycles. The minimum Gasteiger partial charge on any atom is -0.338 e. The highest BCUT2D eigenvalue weighted by Gasteiger charge is 2.26. The molecular weight excluding hydrogens is 214 g/mol. The van der Waals surface area contributed by atoms with E-state index >= 15 is 0 Å². The Morgan fingerprint density at radius 1 is 1.59 bits per heavy atom. The van der Waals surface area contributed by atoms with Gasteiger partial charge in [-0.25, -0.2) is 9.97 Å². The number of aromatic nitrogens is 2. The molecule has 88 valence electrons. The van der Waals surface area contributed by atoms with Crippen molar-refractivity contribution in [2.75, 3.05) is 24.5 Å². The summed E-state index contributed by atoms with van der Waals surface area (Å²) in [6.07, 6.45) is 5.15. The summed E-state index contributed by atoms with van der Waals surface area (Å²) in [5.41, 5.74) is 0. The largest absolute Gasteiger partial charge is 0.338 e. The van der Waals surface area contributed by atoms with Crippen LogP contribution in [-0.4, -0.2) is 35.6 Å². The van der Waals surface area contributed by atoms with E-state index in [1.54, 1.807) is 24.5 Å². The molecule has 17 heavy (non-hydrogen) atoms. The number of piperazine rings is 1. The van der Waals surface area contributed by atoms with Crippen LogP contribution in [0.15, 0.2) is 31.1 Å². The lowest BCUT2D eigenvalue weighted by atomic mass is 9.99. The Morgan fingerprint density at radius 2 is 2.35 bits per heavy atom. The van der Waals surface area contributed by atoms with Crippen LogP contribution in [-0.2, 0) is 0 Å². The number of nitriles is 1. The predicted molar refractivity (Wildman–Crippen MR) is 65.3 cm³/mol. The Balaban J connectivity index is 2.08. The summed E-state index contributed by atoms with van der Waals surface area (Å²) in [6, 6.07) is 4.13. The van der Waals surface area contributed by atoms with Crippen molar-refractivity contribution >= 4 is 5.95 Å². The topological polar surface area (TPSA) is 64.8 Å². The first-order valence-electron chi connectivity index (χ1n) is 5.62. The van der Waals surface area contributed by atoms with E-state index in [1.807, 2.05) is 0 Å². The number of hydrogen-bond acceptors (Lipinski definition) is 5. The zero-order valence-electron chi connectivity index (χ0n) is 9.58. The molecule has 1 aliphatic heterocycles. The highest BCUT2D eigenvalue weighted by Crippen LogP contribution is 2.13. The highest BCUT2D eigenvalue weighted by atomic mass is 15.3. The van der Waals surface area contributed by atoms with Crippen molar-refractivity contribution in [3.63, 3.8) is 0 Å². The smallest absolute Gasteiger partial charge is 0.225 e. The summed E-state index contributed by atoms with van der Waals surface area (Å²) in [4.78, 5) is 10.5. The number of nitrogens with zero attached hydrogens (tertiary/aromatic N) is 4. The lowest BCUT2D eigenvalue weighted by Gasteiger charge is -2.34. The second-order valence-electron chi connectivity index (χ2n) is 3.95. The molecule has 0 amide bonds. The van der Waals surface area contributed by atoms with Crippen LogP contribution in [0.3, 0.4) is 0 Å². The zero-order valence-corrected chi connectivity index (χ0v) is 9.58. The monoisotopic (exact) mass is 229 g/mol. The minimum atomic E-state index is -0.179. The van der Waals surface area contributed by atoms with Crippen LogP contribution < -0.4 is 10.2 Å². The molecule has 2 atom stereocenters. The molecule has 2 heterocycles. The molecule has 1 N–H and O–H groups in total. The number of rotatable bonds is 3. The van der Waals surface area contributed by atoms with Gasteiger partial charge < -0.3 is 10.2 Å². The van der Waals surface area contributed by atoms with Gasteiger partial charge in [0.2, 0.25) is 5.95 Å². The molecule has 0 aromatic carbocycles. The number of hydrogen-bond donors (Lipinski definition) is 1. The fraction of sp³-hybridized carbons (Fsp3) is 0.417. The predicted octanol–water partition coefficient (Wildman–Crippen LogP) is 0.581. The Bertz CT molecular complexity index is 411. The molecule has 1 aromatic rings. The maximum absolute atomic E-state index is 9.02. The molecular formula is C12H15N5.